The molecule has 0 amide bonds. The average Bonchev–Trinajstić information content (AvgIpc) is 2.28. The number of rotatable bonds is 7. The molecule has 0 bridgehead atoms. The van der Waals surface area contributed by atoms with Gasteiger partial charge in [-0.3, -0.25) is 0 Å². The van der Waals surface area contributed by atoms with E-state index in [1.165, 1.54) is 0 Å². The summed E-state index contributed by atoms with van der Waals surface area (Å²) < 4.78 is 0.817. The van der Waals surface area contributed by atoms with Gasteiger partial charge in [0, 0.05) is 25.6 Å². The van der Waals surface area contributed by atoms with Gasteiger partial charge in [0.15, 0.2) is 0 Å². The van der Waals surface area contributed by atoms with E-state index in [0.29, 0.717) is 0 Å². The number of hydrogen-bond acceptors (Lipinski definition) is 4. The molecule has 0 aliphatic carbocycles. The summed E-state index contributed by atoms with van der Waals surface area (Å²) in [4.78, 5) is 8.61. The minimum atomic E-state index is 0.277. The fourth-order valence-corrected chi connectivity index (χ4v) is 1.76. The smallest absolute Gasteiger partial charge is 0.131 e. The molecule has 1 aromatic heterocycles. The Morgan fingerprint density at radius 3 is 2.81 bits per heavy atom. The number of aromatic nitrogens is 2. The molecule has 0 unspecified atom stereocenters. The molecule has 1 rings (SSSR count). The summed E-state index contributed by atoms with van der Waals surface area (Å²) in [5.41, 5.74) is 0. The van der Waals surface area contributed by atoms with Gasteiger partial charge < -0.3 is 10.4 Å². The van der Waals surface area contributed by atoms with E-state index in [1.807, 2.05) is 13.0 Å². The third-order valence-electron chi connectivity index (χ3n) is 2.20. The molecule has 1 aromatic rings. The number of halogens is 1. The van der Waals surface area contributed by atoms with E-state index in [9.17, 15) is 0 Å². The quantitative estimate of drug-likeness (QED) is 0.597. The minimum absolute atomic E-state index is 0.277. The predicted molar refractivity (Wildman–Crippen MR) is 68.5 cm³/mol. The molecule has 16 heavy (non-hydrogen) atoms. The first kappa shape index (κ1) is 13.4. The maximum Gasteiger partial charge on any atom is 0.131 e. The van der Waals surface area contributed by atoms with Crippen LogP contribution in [0.25, 0.3) is 0 Å². The van der Waals surface area contributed by atoms with Crippen molar-refractivity contribution in [1.82, 2.24) is 9.97 Å². The van der Waals surface area contributed by atoms with Crippen molar-refractivity contribution in [3.8, 4) is 0 Å². The molecule has 4 nitrogen and oxygen atoms in total. The molecule has 0 saturated heterocycles. The third kappa shape index (κ3) is 4.90. The van der Waals surface area contributed by atoms with Crippen molar-refractivity contribution < 1.29 is 5.11 Å². The summed E-state index contributed by atoms with van der Waals surface area (Å²) in [7, 11) is 0. The molecule has 90 valence electrons. The van der Waals surface area contributed by atoms with Crippen LogP contribution in [0.4, 0.5) is 5.82 Å². The molecular weight excluding hydrogens is 270 g/mol. The molecular formula is C11H18BrN3O. The van der Waals surface area contributed by atoms with Crippen molar-refractivity contribution in [3.63, 3.8) is 0 Å². The van der Waals surface area contributed by atoms with Crippen LogP contribution in [0.2, 0.25) is 0 Å². The van der Waals surface area contributed by atoms with Gasteiger partial charge in [0.2, 0.25) is 0 Å². The Morgan fingerprint density at radius 1 is 1.31 bits per heavy atom. The molecule has 0 fully saturated rings. The van der Waals surface area contributed by atoms with E-state index in [-0.39, 0.29) is 6.61 Å². The lowest BCUT2D eigenvalue weighted by Crippen LogP contribution is -2.06. The van der Waals surface area contributed by atoms with E-state index in [1.54, 1.807) is 0 Å². The summed E-state index contributed by atoms with van der Waals surface area (Å²) in [6, 6.07) is 1.88. The van der Waals surface area contributed by atoms with Gasteiger partial charge in [-0.05, 0) is 35.2 Å². The standard InChI is InChI=1S/C11H18BrN3O/c1-2-10-14-9(12)8-11(15-10)13-6-4-3-5-7-16/h8,16H,2-7H2,1H3,(H,13,14,15). The average molecular weight is 288 g/mol. The highest BCUT2D eigenvalue weighted by Crippen LogP contribution is 2.12. The van der Waals surface area contributed by atoms with Gasteiger partial charge in [0.05, 0.1) is 0 Å². The summed E-state index contributed by atoms with van der Waals surface area (Å²) in [5.74, 6) is 1.70. The number of nitrogens with zero attached hydrogens (tertiary/aromatic N) is 2. The number of nitrogens with one attached hydrogen (secondary N) is 1. The van der Waals surface area contributed by atoms with Crippen LogP contribution in [0.5, 0.6) is 0 Å². The number of aliphatic hydroxyl groups excluding tert-OH is 1. The van der Waals surface area contributed by atoms with E-state index in [2.05, 4.69) is 31.2 Å². The first-order valence-electron chi connectivity index (χ1n) is 5.64. The SMILES string of the molecule is CCc1nc(Br)cc(NCCCCCO)n1. The monoisotopic (exact) mass is 287 g/mol. The topological polar surface area (TPSA) is 58.0 Å². The number of anilines is 1. The normalized spacial score (nSPS) is 10.4. The van der Waals surface area contributed by atoms with Gasteiger partial charge in [-0.25, -0.2) is 9.97 Å². The lowest BCUT2D eigenvalue weighted by Gasteiger charge is -2.06. The summed E-state index contributed by atoms with van der Waals surface area (Å²) in [5, 5.41) is 11.9. The van der Waals surface area contributed by atoms with Crippen LogP contribution in [-0.4, -0.2) is 28.2 Å². The number of aryl methyl sites for hydroxylation is 1. The number of hydrogen-bond donors (Lipinski definition) is 2. The summed E-state index contributed by atoms with van der Waals surface area (Å²) in [6.45, 7) is 3.19. The van der Waals surface area contributed by atoms with Crippen molar-refractivity contribution in [2.24, 2.45) is 0 Å². The van der Waals surface area contributed by atoms with Crippen LogP contribution in [0.15, 0.2) is 10.7 Å². The fraction of sp³-hybridized carbons (Fsp3) is 0.636. The van der Waals surface area contributed by atoms with Crippen LogP contribution < -0.4 is 5.32 Å². The van der Waals surface area contributed by atoms with Gasteiger partial charge in [-0.2, -0.15) is 0 Å². The van der Waals surface area contributed by atoms with Gasteiger partial charge in [0.25, 0.3) is 0 Å². The number of unbranched alkanes of at least 4 members (excludes halogenated alkanes) is 2. The molecule has 0 saturated carbocycles. The van der Waals surface area contributed by atoms with Crippen molar-refractivity contribution in [2.75, 3.05) is 18.5 Å². The Kier molecular flexibility index (Phi) is 6.33. The first-order valence-corrected chi connectivity index (χ1v) is 6.43. The molecule has 1 heterocycles. The third-order valence-corrected chi connectivity index (χ3v) is 2.60. The van der Waals surface area contributed by atoms with E-state index >= 15 is 0 Å². The molecule has 0 spiro atoms. The zero-order valence-electron chi connectivity index (χ0n) is 9.54. The zero-order chi connectivity index (χ0) is 11.8. The van der Waals surface area contributed by atoms with Gasteiger partial charge in [-0.15, -0.1) is 0 Å². The summed E-state index contributed by atoms with van der Waals surface area (Å²) >= 11 is 3.36. The molecule has 5 heteroatoms. The highest BCUT2D eigenvalue weighted by atomic mass is 79.9. The van der Waals surface area contributed by atoms with Crippen LogP contribution in [0.1, 0.15) is 32.0 Å². The predicted octanol–water partition coefficient (Wildman–Crippen LogP) is 2.38. The molecule has 0 aromatic carbocycles. The maximum absolute atomic E-state index is 8.64. The second-order valence-corrected chi connectivity index (χ2v) is 4.37. The highest BCUT2D eigenvalue weighted by Gasteiger charge is 2.00. The van der Waals surface area contributed by atoms with Crippen LogP contribution >= 0.6 is 15.9 Å². The van der Waals surface area contributed by atoms with Crippen molar-refractivity contribution in [1.29, 1.82) is 0 Å². The first-order chi connectivity index (χ1) is 7.76. The Labute approximate surface area is 105 Å². The van der Waals surface area contributed by atoms with E-state index in [4.69, 9.17) is 5.11 Å². The van der Waals surface area contributed by atoms with Gasteiger partial charge >= 0.3 is 0 Å². The van der Waals surface area contributed by atoms with E-state index < -0.39 is 0 Å². The van der Waals surface area contributed by atoms with Crippen molar-refractivity contribution in [3.05, 3.63) is 16.5 Å². The Morgan fingerprint density at radius 2 is 2.12 bits per heavy atom. The van der Waals surface area contributed by atoms with Crippen molar-refractivity contribution in [2.45, 2.75) is 32.6 Å². The van der Waals surface area contributed by atoms with E-state index in [0.717, 1.165) is 48.5 Å². The maximum atomic E-state index is 8.64. The van der Waals surface area contributed by atoms with Crippen LogP contribution in [0, 0.1) is 0 Å². The molecule has 0 aliphatic heterocycles. The van der Waals surface area contributed by atoms with Crippen LogP contribution in [0.3, 0.4) is 0 Å². The fourth-order valence-electron chi connectivity index (χ4n) is 1.34. The Balaban J connectivity index is 2.38. The van der Waals surface area contributed by atoms with Crippen molar-refractivity contribution >= 4 is 21.7 Å². The number of aliphatic hydroxyl groups is 1. The zero-order valence-corrected chi connectivity index (χ0v) is 11.1. The second kappa shape index (κ2) is 7.57. The Bertz CT molecular complexity index is 320. The molecule has 2 N–H and O–H groups in total. The van der Waals surface area contributed by atoms with Gasteiger partial charge in [0.1, 0.15) is 16.2 Å². The molecule has 0 aliphatic rings. The molecule has 0 radical (unpaired) electrons. The highest BCUT2D eigenvalue weighted by molar-refractivity contribution is 9.10. The molecule has 0 atom stereocenters. The summed E-state index contributed by atoms with van der Waals surface area (Å²) in [6.07, 6.45) is 3.79. The van der Waals surface area contributed by atoms with Crippen LogP contribution in [-0.2, 0) is 6.42 Å². The lowest BCUT2D eigenvalue weighted by atomic mass is 10.2. The minimum Gasteiger partial charge on any atom is -0.396 e. The Hall–Kier alpha value is -0.680. The second-order valence-electron chi connectivity index (χ2n) is 3.56. The largest absolute Gasteiger partial charge is 0.396 e. The van der Waals surface area contributed by atoms with Gasteiger partial charge in [-0.1, -0.05) is 6.92 Å². The lowest BCUT2D eigenvalue weighted by molar-refractivity contribution is 0.283.